The Bertz CT molecular complexity index is 865. The number of hydrogen-bond donors (Lipinski definition) is 2. The number of anilines is 4. The molecular weight excluding hydrogens is 371 g/mol. The predicted octanol–water partition coefficient (Wildman–Crippen LogP) is 5.48. The van der Waals surface area contributed by atoms with Gasteiger partial charge in [-0.25, -0.2) is 9.37 Å². The van der Waals surface area contributed by atoms with Crippen molar-refractivity contribution in [1.29, 1.82) is 0 Å². The summed E-state index contributed by atoms with van der Waals surface area (Å²) in [5.74, 6) is 0.874. The zero-order valence-corrected chi connectivity index (χ0v) is 14.9. The highest BCUT2D eigenvalue weighted by Crippen LogP contribution is 2.23. The molecule has 0 atom stereocenters. The second-order valence-electron chi connectivity index (χ2n) is 5.44. The zero-order valence-electron chi connectivity index (χ0n) is 13.3. The lowest BCUT2D eigenvalue weighted by atomic mass is 10.2. The molecule has 0 aliphatic rings. The van der Waals surface area contributed by atoms with Crippen LogP contribution in [-0.4, -0.2) is 9.97 Å². The molecule has 6 heteroatoms. The molecule has 0 aliphatic heterocycles. The van der Waals surface area contributed by atoms with Crippen LogP contribution in [0.1, 0.15) is 11.3 Å². The standard InChI is InChI=1S/C18H16BrFN4/c1-11-9-15(7-8-16(11)19)23-18-21-12(2)10-17(24-18)22-14-5-3-13(20)4-6-14/h3-10H,1-2H3,(H2,21,22,23,24). The summed E-state index contributed by atoms with van der Waals surface area (Å²) in [6, 6.07) is 13.9. The SMILES string of the molecule is Cc1cc(Nc2ccc(F)cc2)nc(Nc2ccc(Br)c(C)c2)n1. The minimum Gasteiger partial charge on any atom is -0.340 e. The van der Waals surface area contributed by atoms with Crippen LogP contribution in [0.25, 0.3) is 0 Å². The Kier molecular flexibility index (Phi) is 4.76. The molecule has 122 valence electrons. The molecule has 0 fully saturated rings. The summed E-state index contributed by atoms with van der Waals surface area (Å²) in [5.41, 5.74) is 3.62. The highest BCUT2D eigenvalue weighted by molar-refractivity contribution is 9.10. The molecule has 2 N–H and O–H groups in total. The van der Waals surface area contributed by atoms with Crippen molar-refractivity contribution in [2.75, 3.05) is 10.6 Å². The molecule has 0 saturated carbocycles. The van der Waals surface area contributed by atoms with Crippen molar-refractivity contribution in [3.05, 3.63) is 70.1 Å². The summed E-state index contributed by atoms with van der Waals surface area (Å²) in [4.78, 5) is 8.86. The highest BCUT2D eigenvalue weighted by Gasteiger charge is 2.05. The maximum Gasteiger partial charge on any atom is 0.229 e. The fourth-order valence-electron chi connectivity index (χ4n) is 2.22. The first-order valence-corrected chi connectivity index (χ1v) is 8.20. The molecule has 0 aliphatic carbocycles. The lowest BCUT2D eigenvalue weighted by molar-refractivity contribution is 0.628. The monoisotopic (exact) mass is 386 g/mol. The number of rotatable bonds is 4. The Labute approximate surface area is 148 Å². The van der Waals surface area contributed by atoms with Gasteiger partial charge >= 0.3 is 0 Å². The van der Waals surface area contributed by atoms with E-state index in [1.54, 1.807) is 12.1 Å². The fourth-order valence-corrected chi connectivity index (χ4v) is 2.47. The average Bonchev–Trinajstić information content (AvgIpc) is 2.53. The van der Waals surface area contributed by atoms with Gasteiger partial charge in [0.05, 0.1) is 0 Å². The Morgan fingerprint density at radius 3 is 2.29 bits per heavy atom. The smallest absolute Gasteiger partial charge is 0.229 e. The molecule has 1 heterocycles. The number of aromatic nitrogens is 2. The predicted molar refractivity (Wildman–Crippen MR) is 98.6 cm³/mol. The van der Waals surface area contributed by atoms with E-state index in [-0.39, 0.29) is 5.82 Å². The molecule has 1 aromatic heterocycles. The van der Waals surface area contributed by atoms with Crippen LogP contribution in [-0.2, 0) is 0 Å². The maximum absolute atomic E-state index is 13.0. The zero-order chi connectivity index (χ0) is 17.1. The Morgan fingerprint density at radius 2 is 1.58 bits per heavy atom. The molecule has 0 saturated heterocycles. The van der Waals surface area contributed by atoms with Gasteiger partial charge in [-0.15, -0.1) is 0 Å². The first-order valence-electron chi connectivity index (χ1n) is 7.41. The Hall–Kier alpha value is -2.47. The van der Waals surface area contributed by atoms with Crippen LogP contribution in [0.5, 0.6) is 0 Å². The quantitative estimate of drug-likeness (QED) is 0.622. The van der Waals surface area contributed by atoms with Crippen molar-refractivity contribution in [1.82, 2.24) is 9.97 Å². The average molecular weight is 387 g/mol. The van der Waals surface area contributed by atoms with Crippen LogP contribution in [0, 0.1) is 19.7 Å². The summed E-state index contributed by atoms with van der Waals surface area (Å²) in [7, 11) is 0. The number of hydrogen-bond acceptors (Lipinski definition) is 4. The molecule has 3 rings (SSSR count). The second-order valence-corrected chi connectivity index (χ2v) is 6.29. The topological polar surface area (TPSA) is 49.8 Å². The second kappa shape index (κ2) is 6.97. The van der Waals surface area contributed by atoms with Crippen molar-refractivity contribution >= 4 is 39.1 Å². The number of halogens is 2. The summed E-state index contributed by atoms with van der Waals surface area (Å²) in [6.07, 6.45) is 0. The third-order valence-corrected chi connectivity index (χ3v) is 4.27. The van der Waals surface area contributed by atoms with Gasteiger partial charge in [-0.05, 0) is 61.9 Å². The van der Waals surface area contributed by atoms with Crippen molar-refractivity contribution in [3.8, 4) is 0 Å². The first kappa shape index (κ1) is 16.4. The van der Waals surface area contributed by atoms with Crippen LogP contribution in [0.4, 0.5) is 27.5 Å². The summed E-state index contributed by atoms with van der Waals surface area (Å²) in [5, 5.41) is 6.36. The number of aryl methyl sites for hydroxylation is 2. The van der Waals surface area contributed by atoms with Crippen molar-refractivity contribution in [3.63, 3.8) is 0 Å². The molecule has 24 heavy (non-hydrogen) atoms. The first-order chi connectivity index (χ1) is 11.5. The lowest BCUT2D eigenvalue weighted by Crippen LogP contribution is -2.02. The molecule has 0 unspecified atom stereocenters. The van der Waals surface area contributed by atoms with Gasteiger partial charge in [-0.1, -0.05) is 15.9 Å². The van der Waals surface area contributed by atoms with Gasteiger partial charge in [-0.2, -0.15) is 4.98 Å². The van der Waals surface area contributed by atoms with Crippen molar-refractivity contribution in [2.24, 2.45) is 0 Å². The number of nitrogens with zero attached hydrogens (tertiary/aromatic N) is 2. The van der Waals surface area contributed by atoms with Gasteiger partial charge in [0.2, 0.25) is 5.95 Å². The van der Waals surface area contributed by atoms with E-state index in [0.29, 0.717) is 11.8 Å². The fraction of sp³-hybridized carbons (Fsp3) is 0.111. The third-order valence-electron chi connectivity index (χ3n) is 3.38. The normalized spacial score (nSPS) is 10.5. The van der Waals surface area contributed by atoms with Crippen LogP contribution in [0.3, 0.4) is 0 Å². The van der Waals surface area contributed by atoms with E-state index >= 15 is 0 Å². The van der Waals surface area contributed by atoms with E-state index in [2.05, 4.69) is 36.5 Å². The van der Waals surface area contributed by atoms with E-state index in [4.69, 9.17) is 0 Å². The van der Waals surface area contributed by atoms with Crippen LogP contribution >= 0.6 is 15.9 Å². The maximum atomic E-state index is 13.0. The molecule has 0 radical (unpaired) electrons. The van der Waals surface area contributed by atoms with Crippen LogP contribution in [0.2, 0.25) is 0 Å². The largest absolute Gasteiger partial charge is 0.340 e. The minimum absolute atomic E-state index is 0.271. The number of benzene rings is 2. The third kappa shape index (κ3) is 4.08. The molecule has 4 nitrogen and oxygen atoms in total. The van der Waals surface area contributed by atoms with Crippen molar-refractivity contribution < 1.29 is 4.39 Å². The van der Waals surface area contributed by atoms with E-state index < -0.39 is 0 Å². The van der Waals surface area contributed by atoms with Gasteiger partial charge in [0.1, 0.15) is 11.6 Å². The molecule has 2 aromatic carbocycles. The summed E-state index contributed by atoms with van der Waals surface area (Å²) >= 11 is 3.48. The molecule has 0 amide bonds. The lowest BCUT2D eigenvalue weighted by Gasteiger charge is -2.11. The van der Waals surface area contributed by atoms with Gasteiger partial charge in [-0.3, -0.25) is 0 Å². The molecule has 0 bridgehead atoms. The van der Waals surface area contributed by atoms with Gasteiger partial charge < -0.3 is 10.6 Å². The number of nitrogens with one attached hydrogen (secondary N) is 2. The van der Waals surface area contributed by atoms with Gasteiger partial charge in [0.15, 0.2) is 0 Å². The van der Waals surface area contributed by atoms with Gasteiger partial charge in [0, 0.05) is 27.6 Å². The Balaban J connectivity index is 1.82. The summed E-state index contributed by atoms with van der Waals surface area (Å²) < 4.78 is 14.0. The van der Waals surface area contributed by atoms with E-state index in [1.165, 1.54) is 12.1 Å². The van der Waals surface area contributed by atoms with Crippen molar-refractivity contribution in [2.45, 2.75) is 13.8 Å². The Morgan fingerprint density at radius 1 is 0.875 bits per heavy atom. The van der Waals surface area contributed by atoms with E-state index in [9.17, 15) is 4.39 Å². The van der Waals surface area contributed by atoms with Gasteiger partial charge in [0.25, 0.3) is 0 Å². The minimum atomic E-state index is -0.271. The molecular formula is C18H16BrFN4. The molecule has 0 spiro atoms. The van der Waals surface area contributed by atoms with E-state index in [1.807, 2.05) is 38.1 Å². The van der Waals surface area contributed by atoms with E-state index in [0.717, 1.165) is 27.1 Å². The highest BCUT2D eigenvalue weighted by atomic mass is 79.9. The summed E-state index contributed by atoms with van der Waals surface area (Å²) in [6.45, 7) is 3.92. The molecule has 3 aromatic rings. The van der Waals surface area contributed by atoms with Crippen LogP contribution < -0.4 is 10.6 Å². The van der Waals surface area contributed by atoms with Crippen LogP contribution in [0.15, 0.2) is 53.0 Å².